The van der Waals surface area contributed by atoms with Gasteiger partial charge in [0.1, 0.15) is 5.75 Å². The van der Waals surface area contributed by atoms with Crippen LogP contribution in [0.4, 0.5) is 0 Å². The molecule has 0 atom stereocenters. The van der Waals surface area contributed by atoms with Crippen LogP contribution in [0, 0.1) is 0 Å². The van der Waals surface area contributed by atoms with E-state index in [4.69, 9.17) is 4.74 Å². The summed E-state index contributed by atoms with van der Waals surface area (Å²) in [6, 6.07) is 6.67. The molecular weight excluding hydrogens is 749 g/mol. The van der Waals surface area contributed by atoms with Gasteiger partial charge in [-0.05, 0) is 76.3 Å². The minimum atomic E-state index is -0.486. The fraction of sp³-hybridized carbons (Fsp3) is 0.725. The van der Waals surface area contributed by atoms with Gasteiger partial charge in [-0.1, -0.05) is 153 Å². The first-order chi connectivity index (χ1) is 29.4. The summed E-state index contributed by atoms with van der Waals surface area (Å²) >= 11 is 0. The van der Waals surface area contributed by atoms with E-state index in [9.17, 15) is 19.2 Å². The van der Waals surface area contributed by atoms with Crippen LogP contribution in [0.3, 0.4) is 0 Å². The van der Waals surface area contributed by atoms with Gasteiger partial charge < -0.3 is 20.7 Å². The third kappa shape index (κ3) is 34.3. The lowest BCUT2D eigenvalue weighted by Gasteiger charge is -2.23. The Morgan fingerprint density at radius 1 is 0.500 bits per heavy atom. The number of allylic oxidation sites excluding steroid dienone is 4. The number of unbranched alkanes of at least 4 members (excludes halogenated alkanes) is 22. The molecule has 342 valence electrons. The third-order valence-corrected chi connectivity index (χ3v) is 10.9. The summed E-state index contributed by atoms with van der Waals surface area (Å²) in [5.41, 5.74) is 0.296. The highest BCUT2D eigenvalue weighted by molar-refractivity contribution is 5.97. The minimum absolute atomic E-state index is 0.0659. The molecule has 0 aliphatic carbocycles. The number of esters is 1. The van der Waals surface area contributed by atoms with Gasteiger partial charge >= 0.3 is 5.97 Å². The van der Waals surface area contributed by atoms with E-state index in [1.165, 1.54) is 122 Å². The molecule has 0 unspecified atom stereocenters. The Morgan fingerprint density at radius 3 is 1.28 bits per heavy atom. The summed E-state index contributed by atoms with van der Waals surface area (Å²) in [5.74, 6) is -0.456. The van der Waals surface area contributed by atoms with Crippen LogP contribution in [0.5, 0.6) is 5.75 Å². The SMILES string of the molecule is CCCCCCCC/C=C\CCCCCCCC(=O)NCCN(CCNC(=O)CCCCCCC/C=C\CCCCCCCC)CCNC(=O)c1ccccc1OC(C)=O. The van der Waals surface area contributed by atoms with E-state index >= 15 is 0 Å². The fourth-order valence-electron chi connectivity index (χ4n) is 7.25. The van der Waals surface area contributed by atoms with Crippen LogP contribution in [-0.2, 0) is 14.4 Å². The van der Waals surface area contributed by atoms with Crippen molar-refractivity contribution < 1.29 is 23.9 Å². The molecule has 0 aromatic heterocycles. The lowest BCUT2D eigenvalue weighted by molar-refractivity contribution is -0.132. The zero-order chi connectivity index (χ0) is 43.6. The average Bonchev–Trinajstić information content (AvgIpc) is 3.23. The number of para-hydroxylation sites is 1. The van der Waals surface area contributed by atoms with Gasteiger partial charge in [0.05, 0.1) is 5.56 Å². The highest BCUT2D eigenvalue weighted by Gasteiger charge is 2.14. The van der Waals surface area contributed by atoms with Crippen molar-refractivity contribution in [3.05, 3.63) is 54.1 Å². The second kappa shape index (κ2) is 40.9. The molecule has 0 heterocycles. The maximum Gasteiger partial charge on any atom is 0.308 e. The predicted octanol–water partition coefficient (Wildman–Crippen LogP) is 12.0. The molecule has 0 saturated carbocycles. The number of rotatable bonds is 41. The third-order valence-electron chi connectivity index (χ3n) is 10.9. The Kier molecular flexibility index (Phi) is 37.2. The van der Waals surface area contributed by atoms with E-state index in [0.29, 0.717) is 57.7 Å². The molecule has 9 nitrogen and oxygen atoms in total. The van der Waals surface area contributed by atoms with E-state index in [0.717, 1.165) is 51.4 Å². The van der Waals surface area contributed by atoms with Gasteiger partial charge in [-0.25, -0.2) is 0 Å². The molecule has 0 fully saturated rings. The van der Waals surface area contributed by atoms with Crippen molar-refractivity contribution in [2.75, 3.05) is 39.3 Å². The Labute approximate surface area is 367 Å². The van der Waals surface area contributed by atoms with Crippen LogP contribution >= 0.6 is 0 Å². The molecule has 0 bridgehead atoms. The van der Waals surface area contributed by atoms with Crippen molar-refractivity contribution in [2.45, 2.75) is 201 Å². The largest absolute Gasteiger partial charge is 0.426 e. The standard InChI is InChI=1S/C51H88N4O5/c1-4-6-8-10-12-14-16-18-20-22-24-26-28-30-32-38-49(57)52-40-43-55(45-42-54-51(59)47-36-34-35-37-48(47)60-46(3)56)44-41-53-50(58)39-33-31-29-27-25-23-21-19-17-15-13-11-9-7-5-2/h18-21,34-37H,4-17,22-33,38-45H2,1-3H3,(H,52,57)(H,53,58)(H,54,59)/b20-18-,21-19-. The minimum Gasteiger partial charge on any atom is -0.426 e. The number of hydrogen-bond donors (Lipinski definition) is 3. The number of nitrogens with one attached hydrogen (secondary N) is 3. The number of hydrogen-bond acceptors (Lipinski definition) is 6. The van der Waals surface area contributed by atoms with Crippen LogP contribution in [0.1, 0.15) is 211 Å². The molecule has 60 heavy (non-hydrogen) atoms. The highest BCUT2D eigenvalue weighted by Crippen LogP contribution is 2.18. The summed E-state index contributed by atoms with van der Waals surface area (Å²) in [6.07, 6.45) is 42.4. The molecule has 0 saturated heterocycles. The molecule has 3 amide bonds. The summed E-state index contributed by atoms with van der Waals surface area (Å²) in [7, 11) is 0. The number of amides is 3. The Morgan fingerprint density at radius 2 is 0.867 bits per heavy atom. The van der Waals surface area contributed by atoms with Gasteiger partial charge in [0, 0.05) is 59.0 Å². The summed E-state index contributed by atoms with van der Waals surface area (Å²) in [5, 5.41) is 9.06. The first-order valence-corrected chi connectivity index (χ1v) is 24.5. The van der Waals surface area contributed by atoms with E-state index < -0.39 is 5.97 Å². The van der Waals surface area contributed by atoms with Crippen LogP contribution in [0.15, 0.2) is 48.6 Å². The van der Waals surface area contributed by atoms with E-state index in [1.807, 2.05) is 0 Å². The van der Waals surface area contributed by atoms with Crippen molar-refractivity contribution in [1.82, 2.24) is 20.9 Å². The van der Waals surface area contributed by atoms with Crippen molar-refractivity contribution in [3.8, 4) is 5.75 Å². The van der Waals surface area contributed by atoms with Crippen LogP contribution in [-0.4, -0.2) is 67.9 Å². The molecule has 0 radical (unpaired) electrons. The second-order valence-electron chi connectivity index (χ2n) is 16.6. The maximum atomic E-state index is 13.0. The van der Waals surface area contributed by atoms with Gasteiger partial charge in [0.25, 0.3) is 5.91 Å². The monoisotopic (exact) mass is 837 g/mol. The number of benzene rings is 1. The van der Waals surface area contributed by atoms with Gasteiger partial charge in [0.2, 0.25) is 11.8 Å². The summed E-state index contributed by atoms with van der Waals surface area (Å²) < 4.78 is 5.21. The molecular formula is C51H88N4O5. The Balaban J connectivity index is 2.34. The van der Waals surface area contributed by atoms with Crippen molar-refractivity contribution >= 4 is 23.7 Å². The first kappa shape index (κ1) is 54.6. The van der Waals surface area contributed by atoms with Gasteiger partial charge in [-0.2, -0.15) is 0 Å². The zero-order valence-corrected chi connectivity index (χ0v) is 38.6. The lowest BCUT2D eigenvalue weighted by atomic mass is 10.1. The molecule has 0 spiro atoms. The van der Waals surface area contributed by atoms with Crippen LogP contribution < -0.4 is 20.7 Å². The van der Waals surface area contributed by atoms with E-state index in [2.05, 4.69) is 59.0 Å². The molecule has 0 aliphatic heterocycles. The molecule has 9 heteroatoms. The molecule has 0 aliphatic rings. The molecule has 1 aromatic rings. The molecule has 3 N–H and O–H groups in total. The lowest BCUT2D eigenvalue weighted by Crippen LogP contribution is -2.43. The van der Waals surface area contributed by atoms with Crippen LogP contribution in [0.2, 0.25) is 0 Å². The fourth-order valence-corrected chi connectivity index (χ4v) is 7.25. The number of carbonyl (C=O) groups excluding carboxylic acids is 4. The predicted molar refractivity (Wildman–Crippen MR) is 251 cm³/mol. The van der Waals surface area contributed by atoms with Crippen molar-refractivity contribution in [3.63, 3.8) is 0 Å². The average molecular weight is 837 g/mol. The second-order valence-corrected chi connectivity index (χ2v) is 16.6. The van der Waals surface area contributed by atoms with Gasteiger partial charge in [-0.3, -0.25) is 24.1 Å². The molecule has 1 aromatic carbocycles. The summed E-state index contributed by atoms with van der Waals surface area (Å²) in [4.78, 5) is 51.9. The normalized spacial score (nSPS) is 11.5. The van der Waals surface area contributed by atoms with E-state index in [-0.39, 0.29) is 23.5 Å². The zero-order valence-electron chi connectivity index (χ0n) is 38.6. The smallest absolute Gasteiger partial charge is 0.308 e. The number of ether oxygens (including phenoxy) is 1. The first-order valence-electron chi connectivity index (χ1n) is 24.5. The van der Waals surface area contributed by atoms with Crippen molar-refractivity contribution in [1.29, 1.82) is 0 Å². The van der Waals surface area contributed by atoms with E-state index in [1.54, 1.807) is 24.3 Å². The van der Waals surface area contributed by atoms with Gasteiger partial charge in [0.15, 0.2) is 0 Å². The van der Waals surface area contributed by atoms with Crippen LogP contribution in [0.25, 0.3) is 0 Å². The highest BCUT2D eigenvalue weighted by atomic mass is 16.5. The number of carbonyl (C=O) groups is 4. The van der Waals surface area contributed by atoms with Crippen molar-refractivity contribution in [2.24, 2.45) is 0 Å². The Bertz CT molecular complexity index is 1220. The topological polar surface area (TPSA) is 117 Å². The number of nitrogens with zero attached hydrogens (tertiary/aromatic N) is 1. The quantitative estimate of drug-likeness (QED) is 0.0262. The Hall–Kier alpha value is -3.46. The summed E-state index contributed by atoms with van der Waals surface area (Å²) in [6.45, 7) is 8.92. The molecule has 1 rings (SSSR count). The maximum absolute atomic E-state index is 13.0. The van der Waals surface area contributed by atoms with Gasteiger partial charge in [-0.15, -0.1) is 0 Å².